The zero-order valence-electron chi connectivity index (χ0n) is 23.4. The molecule has 5 rings (SSSR count). The molecule has 5 nitrogen and oxygen atoms in total. The number of halogens is 6. The minimum Gasteiger partial charge on any atom is -0.417 e. The van der Waals surface area contributed by atoms with Crippen LogP contribution in [0.25, 0.3) is 11.1 Å². The van der Waals surface area contributed by atoms with Crippen molar-refractivity contribution in [3.05, 3.63) is 93.6 Å². The molecule has 1 aromatic carbocycles. The minimum absolute atomic E-state index is 0.0749. The first-order valence-corrected chi connectivity index (χ1v) is 13.6. The van der Waals surface area contributed by atoms with Crippen LogP contribution in [0.4, 0.5) is 26.3 Å². The van der Waals surface area contributed by atoms with Crippen LogP contribution in [-0.2, 0) is 11.3 Å². The molecule has 3 aliphatic carbocycles. The molecule has 0 unspecified atom stereocenters. The maximum atomic E-state index is 13.4. The van der Waals surface area contributed by atoms with Gasteiger partial charge in [0.1, 0.15) is 5.72 Å². The van der Waals surface area contributed by atoms with E-state index < -0.39 is 35.6 Å². The van der Waals surface area contributed by atoms with Gasteiger partial charge >= 0.3 is 12.4 Å². The van der Waals surface area contributed by atoms with E-state index in [2.05, 4.69) is 27.2 Å². The zero-order valence-corrected chi connectivity index (χ0v) is 23.4. The van der Waals surface area contributed by atoms with Crippen LogP contribution in [0, 0.1) is 0 Å². The van der Waals surface area contributed by atoms with Crippen LogP contribution < -0.4 is 11.1 Å². The van der Waals surface area contributed by atoms with Gasteiger partial charge in [-0.15, -0.1) is 10.2 Å². The van der Waals surface area contributed by atoms with Gasteiger partial charge in [0, 0.05) is 42.8 Å². The Morgan fingerprint density at radius 1 is 0.881 bits per heavy atom. The van der Waals surface area contributed by atoms with Crippen LogP contribution >= 0.6 is 0 Å². The predicted octanol–water partition coefficient (Wildman–Crippen LogP) is 6.45. The molecule has 224 valence electrons. The average molecular weight is 592 g/mol. The van der Waals surface area contributed by atoms with Gasteiger partial charge in [-0.25, -0.2) is 0 Å². The number of methoxy groups -OCH3 is 1. The third-order valence-corrected chi connectivity index (χ3v) is 8.11. The molecular formula is C31H31F6N3O2. The van der Waals surface area contributed by atoms with Gasteiger partial charge in [-0.2, -0.15) is 26.3 Å². The summed E-state index contributed by atoms with van der Waals surface area (Å²) in [5.41, 5.74) is 0.352. The zero-order chi connectivity index (χ0) is 30.3. The number of hydrogen-bond acceptors (Lipinski definition) is 5. The Morgan fingerprint density at radius 2 is 1.55 bits per heavy atom. The SMILES string of the molecule is COC(C)(C)N(Cc1ccccc1)[C@H]1CCC2=C(CC(=c3nnc(=C4C=C(C(F)(F)F)C=C(C(F)(F)F)C4)o3)C=C2)C1. The van der Waals surface area contributed by atoms with Crippen molar-refractivity contribution in [3.8, 4) is 0 Å². The van der Waals surface area contributed by atoms with Gasteiger partial charge in [0.15, 0.2) is 0 Å². The fourth-order valence-corrected chi connectivity index (χ4v) is 5.65. The van der Waals surface area contributed by atoms with Crippen molar-refractivity contribution in [3.63, 3.8) is 0 Å². The Balaban J connectivity index is 1.43. The monoisotopic (exact) mass is 591 g/mol. The highest BCUT2D eigenvalue weighted by atomic mass is 19.4. The second-order valence-electron chi connectivity index (χ2n) is 11.2. The van der Waals surface area contributed by atoms with Gasteiger partial charge in [-0.1, -0.05) is 48.1 Å². The maximum Gasteiger partial charge on any atom is 0.416 e. The summed E-state index contributed by atoms with van der Waals surface area (Å²) in [5.74, 6) is 0. The number of hydrogen-bond donors (Lipinski definition) is 0. The number of ether oxygens (including phenoxy) is 1. The van der Waals surface area contributed by atoms with E-state index in [1.807, 2.05) is 44.2 Å². The van der Waals surface area contributed by atoms with Crippen LogP contribution in [-0.4, -0.2) is 46.3 Å². The van der Waals surface area contributed by atoms with E-state index in [0.717, 1.165) is 19.3 Å². The Labute approximate surface area is 239 Å². The van der Waals surface area contributed by atoms with Crippen molar-refractivity contribution in [2.75, 3.05) is 7.11 Å². The predicted molar refractivity (Wildman–Crippen MR) is 145 cm³/mol. The van der Waals surface area contributed by atoms with Crippen LogP contribution in [0.5, 0.6) is 0 Å². The summed E-state index contributed by atoms with van der Waals surface area (Å²) in [7, 11) is 1.69. The second kappa shape index (κ2) is 11.3. The molecule has 0 aliphatic heterocycles. The summed E-state index contributed by atoms with van der Waals surface area (Å²) < 4.78 is 91.8. The fraction of sp³-hybridized carbons (Fsp3) is 0.419. The molecule has 1 atom stereocenters. The van der Waals surface area contributed by atoms with Gasteiger partial charge in [0.05, 0.1) is 5.57 Å². The highest BCUT2D eigenvalue weighted by molar-refractivity contribution is 5.65. The van der Waals surface area contributed by atoms with Gasteiger partial charge in [-0.3, -0.25) is 4.90 Å². The molecule has 0 radical (unpaired) electrons. The van der Waals surface area contributed by atoms with E-state index in [1.165, 1.54) is 16.7 Å². The Bertz CT molecular complexity index is 1580. The molecule has 0 saturated heterocycles. The molecule has 1 heterocycles. The Morgan fingerprint density at radius 3 is 2.19 bits per heavy atom. The highest BCUT2D eigenvalue weighted by Gasteiger charge is 2.41. The van der Waals surface area contributed by atoms with E-state index >= 15 is 0 Å². The molecule has 0 N–H and O–H groups in total. The fourth-order valence-electron chi connectivity index (χ4n) is 5.65. The molecule has 1 aromatic heterocycles. The van der Waals surface area contributed by atoms with Gasteiger partial charge in [-0.05, 0) is 62.8 Å². The van der Waals surface area contributed by atoms with Crippen molar-refractivity contribution in [1.82, 2.24) is 15.1 Å². The standard InChI is InChI=1S/C31H31F6N3O2/c1-29(2,41-3)40(18-19-7-5-4-6-8-19)26-12-11-20-9-10-21(13-22(20)16-26)27-38-39-28(42-27)23-14-24(30(32,33)34)17-25(15-23)31(35,36)37/h4-10,14,17,26H,11-13,15-16,18H2,1-3H3/t26-/m0/s1. The summed E-state index contributed by atoms with van der Waals surface area (Å²) >= 11 is 0. The number of rotatable bonds is 5. The Hall–Kier alpha value is -3.44. The molecule has 0 fully saturated rings. The summed E-state index contributed by atoms with van der Waals surface area (Å²) in [4.78, 5) is 2.35. The second-order valence-corrected chi connectivity index (χ2v) is 11.2. The lowest BCUT2D eigenvalue weighted by molar-refractivity contribution is -0.135. The molecule has 0 bridgehead atoms. The molecule has 11 heteroatoms. The van der Waals surface area contributed by atoms with E-state index in [9.17, 15) is 26.3 Å². The van der Waals surface area contributed by atoms with Crippen molar-refractivity contribution in [2.24, 2.45) is 0 Å². The molecule has 0 spiro atoms. The maximum absolute atomic E-state index is 13.4. The molecule has 2 aromatic rings. The van der Waals surface area contributed by atoms with Gasteiger partial charge < -0.3 is 9.15 Å². The first-order chi connectivity index (χ1) is 19.7. The lowest BCUT2D eigenvalue weighted by Gasteiger charge is -2.45. The number of nitrogens with zero attached hydrogens (tertiary/aromatic N) is 3. The Kier molecular flexibility index (Phi) is 8.10. The van der Waals surface area contributed by atoms with Crippen molar-refractivity contribution < 1.29 is 35.5 Å². The number of benzene rings is 1. The molecule has 0 saturated carbocycles. The van der Waals surface area contributed by atoms with Crippen molar-refractivity contribution >= 4 is 11.1 Å². The average Bonchev–Trinajstić information content (AvgIpc) is 3.45. The quantitative estimate of drug-likeness (QED) is 0.296. The van der Waals surface area contributed by atoms with Gasteiger partial charge in [0.25, 0.3) is 0 Å². The number of aromatic nitrogens is 2. The summed E-state index contributed by atoms with van der Waals surface area (Å²) in [6.45, 7) is 4.78. The van der Waals surface area contributed by atoms with E-state index in [1.54, 1.807) is 7.11 Å². The molecule has 3 aliphatic rings. The topological polar surface area (TPSA) is 51.4 Å². The third kappa shape index (κ3) is 6.47. The number of alkyl halides is 6. The van der Waals surface area contributed by atoms with Crippen molar-refractivity contribution in [2.45, 2.75) is 76.6 Å². The van der Waals surface area contributed by atoms with E-state index in [-0.39, 0.29) is 28.8 Å². The largest absolute Gasteiger partial charge is 0.417 e. The summed E-state index contributed by atoms with van der Waals surface area (Å²) in [5, 5.41) is 7.83. The lowest BCUT2D eigenvalue weighted by atomic mass is 9.81. The van der Waals surface area contributed by atoms with Crippen molar-refractivity contribution in [1.29, 1.82) is 0 Å². The van der Waals surface area contributed by atoms with Crippen LogP contribution in [0.3, 0.4) is 0 Å². The molecule has 0 amide bonds. The van der Waals surface area contributed by atoms with Crippen LogP contribution in [0.15, 0.2) is 81.3 Å². The summed E-state index contributed by atoms with van der Waals surface area (Å²) in [6.07, 6.45) is -3.05. The summed E-state index contributed by atoms with van der Waals surface area (Å²) in [6, 6.07) is 10.3. The normalized spacial score (nSPS) is 22.8. The lowest BCUT2D eigenvalue weighted by Crippen LogP contribution is -2.51. The third-order valence-electron chi connectivity index (χ3n) is 8.11. The molecular weight excluding hydrogens is 560 g/mol. The van der Waals surface area contributed by atoms with Crippen LogP contribution in [0.2, 0.25) is 0 Å². The first kappa shape index (κ1) is 30.0. The minimum atomic E-state index is -4.96. The number of allylic oxidation sites excluding steroid dienone is 7. The van der Waals surface area contributed by atoms with E-state index in [4.69, 9.17) is 9.15 Å². The smallest absolute Gasteiger partial charge is 0.416 e. The molecule has 42 heavy (non-hydrogen) atoms. The first-order valence-electron chi connectivity index (χ1n) is 13.6. The van der Waals surface area contributed by atoms with Gasteiger partial charge in [0.2, 0.25) is 11.1 Å². The van der Waals surface area contributed by atoms with Crippen LogP contribution in [0.1, 0.15) is 51.5 Å². The highest BCUT2D eigenvalue weighted by Crippen LogP contribution is 2.40. The van der Waals surface area contributed by atoms with E-state index in [0.29, 0.717) is 24.6 Å².